The summed E-state index contributed by atoms with van der Waals surface area (Å²) in [5.74, 6) is 0. The van der Waals surface area contributed by atoms with Crippen LogP contribution in [0.15, 0.2) is 94.5 Å². The Kier molecular flexibility index (Phi) is 4.66. The van der Waals surface area contributed by atoms with Crippen LogP contribution in [0, 0.1) is 0 Å². The van der Waals surface area contributed by atoms with Crippen LogP contribution in [-0.2, 0) is 0 Å². The second-order valence-electron chi connectivity index (χ2n) is 4.75. The van der Waals surface area contributed by atoms with Crippen molar-refractivity contribution in [2.24, 2.45) is 5.10 Å². The van der Waals surface area contributed by atoms with Crippen molar-refractivity contribution in [1.29, 1.82) is 0 Å². The highest BCUT2D eigenvalue weighted by molar-refractivity contribution is 9.10. The fraction of sp³-hybridized carbons (Fsp3) is 0. The fourth-order valence-electron chi connectivity index (χ4n) is 2.12. The third-order valence-corrected chi connectivity index (χ3v) is 3.94. The van der Waals surface area contributed by atoms with Crippen molar-refractivity contribution in [3.05, 3.63) is 95.0 Å². The second kappa shape index (κ2) is 7.05. The first kappa shape index (κ1) is 14.5. The van der Waals surface area contributed by atoms with E-state index in [2.05, 4.69) is 21.0 Å². The molecule has 3 aromatic rings. The molecule has 22 heavy (non-hydrogen) atoms. The maximum absolute atomic E-state index is 4.67. The van der Waals surface area contributed by atoms with Crippen molar-refractivity contribution in [2.75, 3.05) is 5.01 Å². The Balaban J connectivity index is 1.98. The number of hydrogen-bond acceptors (Lipinski definition) is 2. The van der Waals surface area contributed by atoms with E-state index < -0.39 is 0 Å². The molecule has 0 heterocycles. The molecule has 0 unspecified atom stereocenters. The molecular formula is C19H15BrN2. The van der Waals surface area contributed by atoms with Gasteiger partial charge < -0.3 is 0 Å². The van der Waals surface area contributed by atoms with E-state index >= 15 is 0 Å². The molecule has 108 valence electrons. The Morgan fingerprint density at radius 3 is 1.73 bits per heavy atom. The summed E-state index contributed by atoms with van der Waals surface area (Å²) in [7, 11) is 0. The van der Waals surface area contributed by atoms with Gasteiger partial charge in [0.25, 0.3) is 0 Å². The van der Waals surface area contributed by atoms with Crippen LogP contribution in [-0.4, -0.2) is 6.21 Å². The Labute approximate surface area is 138 Å². The van der Waals surface area contributed by atoms with Gasteiger partial charge in [0, 0.05) is 10.0 Å². The molecule has 0 radical (unpaired) electrons. The lowest BCUT2D eigenvalue weighted by Crippen LogP contribution is -2.09. The van der Waals surface area contributed by atoms with Crippen molar-refractivity contribution in [3.63, 3.8) is 0 Å². The first-order valence-electron chi connectivity index (χ1n) is 7.03. The largest absolute Gasteiger partial charge is 0.234 e. The lowest BCUT2D eigenvalue weighted by molar-refractivity contribution is 1.09. The van der Waals surface area contributed by atoms with Gasteiger partial charge in [0.05, 0.1) is 17.6 Å². The molecule has 0 bridgehead atoms. The van der Waals surface area contributed by atoms with Crippen LogP contribution >= 0.6 is 15.9 Å². The Morgan fingerprint density at radius 2 is 1.18 bits per heavy atom. The zero-order chi connectivity index (χ0) is 15.2. The standard InChI is InChI=1S/C19H15BrN2/c20-19-14-8-7-9-16(19)15-21-22(17-10-3-1-4-11-17)18-12-5-2-6-13-18/h1-15H. The van der Waals surface area contributed by atoms with E-state index in [1.54, 1.807) is 0 Å². The van der Waals surface area contributed by atoms with E-state index in [1.165, 1.54) is 0 Å². The summed E-state index contributed by atoms with van der Waals surface area (Å²) in [5.41, 5.74) is 3.09. The minimum Gasteiger partial charge on any atom is -0.234 e. The van der Waals surface area contributed by atoms with Gasteiger partial charge in [0.1, 0.15) is 0 Å². The predicted molar refractivity (Wildman–Crippen MR) is 96.8 cm³/mol. The first-order chi connectivity index (χ1) is 10.8. The van der Waals surface area contributed by atoms with Gasteiger partial charge in [-0.05, 0) is 30.3 Å². The van der Waals surface area contributed by atoms with E-state index in [1.807, 2.05) is 96.2 Å². The average Bonchev–Trinajstić information content (AvgIpc) is 2.59. The Hall–Kier alpha value is -2.39. The lowest BCUT2D eigenvalue weighted by Gasteiger charge is -2.19. The highest BCUT2D eigenvalue weighted by atomic mass is 79.9. The zero-order valence-electron chi connectivity index (χ0n) is 11.9. The molecule has 0 saturated carbocycles. The molecule has 2 nitrogen and oxygen atoms in total. The maximum atomic E-state index is 4.67. The minimum atomic E-state index is 1.03. The quantitative estimate of drug-likeness (QED) is 0.440. The molecule has 3 rings (SSSR count). The summed E-state index contributed by atoms with van der Waals surface area (Å²) in [5, 5.41) is 6.60. The fourth-order valence-corrected chi connectivity index (χ4v) is 2.51. The van der Waals surface area contributed by atoms with Crippen LogP contribution in [0.5, 0.6) is 0 Å². The summed E-state index contributed by atoms with van der Waals surface area (Å²) >= 11 is 3.55. The molecule has 0 spiro atoms. The number of anilines is 2. The second-order valence-corrected chi connectivity index (χ2v) is 5.60. The molecule has 0 aliphatic rings. The van der Waals surface area contributed by atoms with Gasteiger partial charge in [-0.15, -0.1) is 0 Å². The van der Waals surface area contributed by atoms with E-state index in [0.29, 0.717) is 0 Å². The molecule has 0 aliphatic heterocycles. The van der Waals surface area contributed by atoms with Crippen molar-refractivity contribution < 1.29 is 0 Å². The van der Waals surface area contributed by atoms with Gasteiger partial charge >= 0.3 is 0 Å². The van der Waals surface area contributed by atoms with Crippen LogP contribution in [0.1, 0.15) is 5.56 Å². The number of hydrogen-bond donors (Lipinski definition) is 0. The number of rotatable bonds is 4. The molecule has 3 aromatic carbocycles. The number of hydrazone groups is 1. The van der Waals surface area contributed by atoms with E-state index in [4.69, 9.17) is 0 Å². The van der Waals surface area contributed by atoms with E-state index in [9.17, 15) is 0 Å². The van der Waals surface area contributed by atoms with Crippen LogP contribution in [0.4, 0.5) is 11.4 Å². The van der Waals surface area contributed by atoms with E-state index in [-0.39, 0.29) is 0 Å². The molecule has 0 aliphatic carbocycles. The molecule has 0 saturated heterocycles. The molecule has 3 heteroatoms. The SMILES string of the molecule is Brc1ccccc1C=NN(c1ccccc1)c1ccccc1. The number of halogens is 1. The normalized spacial score (nSPS) is 10.8. The van der Waals surface area contributed by atoms with Crippen molar-refractivity contribution >= 4 is 33.5 Å². The van der Waals surface area contributed by atoms with Crippen LogP contribution in [0.2, 0.25) is 0 Å². The molecular weight excluding hydrogens is 336 g/mol. The van der Waals surface area contributed by atoms with Gasteiger partial charge in [-0.2, -0.15) is 5.10 Å². The average molecular weight is 351 g/mol. The van der Waals surface area contributed by atoms with Gasteiger partial charge in [0.2, 0.25) is 0 Å². The Bertz CT molecular complexity index is 715. The lowest BCUT2D eigenvalue weighted by atomic mass is 10.2. The summed E-state index contributed by atoms with van der Waals surface area (Å²) < 4.78 is 1.03. The van der Waals surface area contributed by atoms with Crippen molar-refractivity contribution in [1.82, 2.24) is 0 Å². The summed E-state index contributed by atoms with van der Waals surface area (Å²) in [6.45, 7) is 0. The topological polar surface area (TPSA) is 15.6 Å². The number of nitrogens with zero attached hydrogens (tertiary/aromatic N) is 2. The summed E-state index contributed by atoms with van der Waals surface area (Å²) in [4.78, 5) is 0. The maximum Gasteiger partial charge on any atom is 0.0652 e. The van der Waals surface area contributed by atoms with Crippen LogP contribution in [0.3, 0.4) is 0 Å². The zero-order valence-corrected chi connectivity index (χ0v) is 13.5. The molecule has 0 atom stereocenters. The predicted octanol–water partition coefficient (Wildman–Crippen LogP) is 5.62. The Morgan fingerprint density at radius 1 is 0.682 bits per heavy atom. The number of benzene rings is 3. The third kappa shape index (κ3) is 3.43. The van der Waals surface area contributed by atoms with Crippen molar-refractivity contribution in [2.45, 2.75) is 0 Å². The highest BCUT2D eigenvalue weighted by Crippen LogP contribution is 2.25. The van der Waals surface area contributed by atoms with Crippen LogP contribution < -0.4 is 5.01 Å². The van der Waals surface area contributed by atoms with Gasteiger partial charge in [-0.1, -0.05) is 70.5 Å². The molecule has 0 amide bonds. The van der Waals surface area contributed by atoms with E-state index in [0.717, 1.165) is 21.4 Å². The molecule has 0 N–H and O–H groups in total. The number of para-hydroxylation sites is 2. The third-order valence-electron chi connectivity index (χ3n) is 3.22. The van der Waals surface area contributed by atoms with Gasteiger partial charge in [0.15, 0.2) is 0 Å². The van der Waals surface area contributed by atoms with Crippen LogP contribution in [0.25, 0.3) is 0 Å². The van der Waals surface area contributed by atoms with Gasteiger partial charge in [-0.25, -0.2) is 5.01 Å². The monoisotopic (exact) mass is 350 g/mol. The van der Waals surface area contributed by atoms with Gasteiger partial charge in [-0.3, -0.25) is 0 Å². The summed E-state index contributed by atoms with van der Waals surface area (Å²) in [6.07, 6.45) is 1.87. The van der Waals surface area contributed by atoms with Crippen molar-refractivity contribution in [3.8, 4) is 0 Å². The highest BCUT2D eigenvalue weighted by Gasteiger charge is 2.06. The first-order valence-corrected chi connectivity index (χ1v) is 7.82. The smallest absolute Gasteiger partial charge is 0.0652 e. The minimum absolute atomic E-state index is 1.03. The molecule has 0 fully saturated rings. The summed E-state index contributed by atoms with van der Waals surface area (Å²) in [6, 6.07) is 28.3. The molecule has 0 aromatic heterocycles.